The molecule has 0 spiro atoms. The van der Waals surface area contributed by atoms with Crippen LogP contribution in [0.15, 0.2) is 36.4 Å². The number of benzene rings is 1. The Morgan fingerprint density at radius 2 is 1.58 bits per heavy atom. The highest BCUT2D eigenvalue weighted by Gasteiger charge is 2.41. The molecule has 0 bridgehead atoms. The van der Waals surface area contributed by atoms with Gasteiger partial charge in [0.15, 0.2) is 22.9 Å². The third-order valence-corrected chi connectivity index (χ3v) is 7.26. The number of imide groups is 1. The molecule has 1 aromatic carbocycles. The van der Waals surface area contributed by atoms with E-state index in [9.17, 15) is 23.1 Å². The molecule has 3 aromatic heterocycles. The van der Waals surface area contributed by atoms with Gasteiger partial charge in [-0.25, -0.2) is 42.8 Å². The fraction of sp³-hybridized carbons (Fsp3) is 0.419. The quantitative estimate of drug-likeness (QED) is 0.216. The van der Waals surface area contributed by atoms with Gasteiger partial charge in [0.1, 0.15) is 28.5 Å². The van der Waals surface area contributed by atoms with Gasteiger partial charge in [0.2, 0.25) is 15.9 Å². The summed E-state index contributed by atoms with van der Waals surface area (Å²) in [7, 11) is -0.986. The minimum absolute atomic E-state index is 0.00644. The van der Waals surface area contributed by atoms with Crippen molar-refractivity contribution in [3.8, 4) is 34.6 Å². The van der Waals surface area contributed by atoms with Crippen LogP contribution in [0, 0.1) is 0 Å². The van der Waals surface area contributed by atoms with Gasteiger partial charge < -0.3 is 24.1 Å². The summed E-state index contributed by atoms with van der Waals surface area (Å²) in [5.41, 5.74) is -1.62. The molecule has 0 aliphatic carbocycles. The second-order valence-corrected chi connectivity index (χ2v) is 14.0. The highest BCUT2D eigenvalue weighted by molar-refractivity contribution is 7.92. The summed E-state index contributed by atoms with van der Waals surface area (Å²) >= 11 is 0. The normalized spacial score (nSPS) is 12.0. The van der Waals surface area contributed by atoms with Crippen LogP contribution in [0.5, 0.6) is 17.4 Å². The van der Waals surface area contributed by atoms with Gasteiger partial charge in [-0.1, -0.05) is 12.1 Å². The van der Waals surface area contributed by atoms with Crippen molar-refractivity contribution in [2.75, 3.05) is 31.8 Å². The number of rotatable bonds is 11. The van der Waals surface area contributed by atoms with E-state index in [1.165, 1.54) is 28.1 Å². The molecule has 0 fully saturated rings. The summed E-state index contributed by atoms with van der Waals surface area (Å²) in [6.07, 6.45) is -2.03. The fourth-order valence-corrected chi connectivity index (χ4v) is 5.41. The summed E-state index contributed by atoms with van der Waals surface area (Å²) in [4.78, 5) is 44.7. The lowest BCUT2D eigenvalue weighted by Gasteiger charge is -2.35. The number of aromatic nitrogens is 5. The molecule has 4 aromatic rings. The number of amides is 2. The minimum Gasteiger partial charge on any atom is -0.494 e. The number of para-hydroxylation sites is 1. The van der Waals surface area contributed by atoms with Crippen LogP contribution < -0.4 is 18.9 Å². The third-order valence-electron chi connectivity index (χ3n) is 6.69. The van der Waals surface area contributed by atoms with E-state index in [1.54, 1.807) is 61.7 Å². The highest BCUT2D eigenvalue weighted by atomic mass is 32.2. The Bertz CT molecular complexity index is 1930. The Balaban J connectivity index is 2.04. The number of imidazole rings is 1. The number of hydrogen-bond acceptors (Lipinski definition) is 12. The molecule has 0 atom stereocenters. The Morgan fingerprint density at radius 3 is 2.12 bits per heavy atom. The first kappa shape index (κ1) is 35.7. The molecule has 0 saturated heterocycles. The van der Waals surface area contributed by atoms with Crippen LogP contribution in [0.4, 0.5) is 15.4 Å². The number of hydrogen-bond donors (Lipinski definition) is 2. The summed E-state index contributed by atoms with van der Waals surface area (Å²) in [5, 5.41) is 10.1. The van der Waals surface area contributed by atoms with Gasteiger partial charge in [0.25, 0.3) is 0 Å². The number of carbonyl (C=O) groups excluding carboxylic acids is 1. The predicted octanol–water partition coefficient (Wildman–Crippen LogP) is 4.90. The van der Waals surface area contributed by atoms with Crippen molar-refractivity contribution in [2.24, 2.45) is 0 Å². The van der Waals surface area contributed by atoms with Crippen molar-refractivity contribution in [1.82, 2.24) is 29.4 Å². The molecular weight excluding hydrogens is 646 g/mol. The van der Waals surface area contributed by atoms with Crippen LogP contribution in [-0.2, 0) is 21.2 Å². The maximum Gasteiger partial charge on any atom is 0.420 e. The van der Waals surface area contributed by atoms with Gasteiger partial charge in [-0.3, -0.25) is 9.29 Å². The van der Waals surface area contributed by atoms with Crippen molar-refractivity contribution < 1.29 is 42.1 Å². The van der Waals surface area contributed by atoms with Crippen LogP contribution in [0.2, 0.25) is 0 Å². The number of carbonyl (C=O) groups is 2. The molecule has 0 radical (unpaired) electrons. The lowest BCUT2D eigenvalue weighted by Crippen LogP contribution is -2.53. The maximum atomic E-state index is 13.0. The van der Waals surface area contributed by atoms with Crippen molar-refractivity contribution in [3.63, 3.8) is 0 Å². The zero-order valence-electron chi connectivity index (χ0n) is 28.2. The number of nitrogens with one attached hydrogen (secondary N) is 1. The van der Waals surface area contributed by atoms with Crippen LogP contribution in [0.25, 0.3) is 28.5 Å². The topological polar surface area (TPSA) is 197 Å². The molecule has 2 amide bonds. The number of carboxylic acid groups (broad SMARTS) is 1. The molecule has 4 rings (SSSR count). The molecule has 0 aliphatic heterocycles. The molecule has 16 nitrogen and oxygen atoms in total. The lowest BCUT2D eigenvalue weighted by atomic mass is 9.96. The summed E-state index contributed by atoms with van der Waals surface area (Å²) in [5.74, 6) is 1.09. The summed E-state index contributed by atoms with van der Waals surface area (Å²) < 4.78 is 51.5. The Labute approximate surface area is 278 Å². The van der Waals surface area contributed by atoms with E-state index >= 15 is 0 Å². The lowest BCUT2D eigenvalue weighted by molar-refractivity contribution is 0.00785. The van der Waals surface area contributed by atoms with Crippen molar-refractivity contribution >= 4 is 39.3 Å². The third kappa shape index (κ3) is 7.84. The highest BCUT2D eigenvalue weighted by Crippen LogP contribution is 2.39. The molecule has 0 unspecified atom stereocenters. The van der Waals surface area contributed by atoms with Gasteiger partial charge in [-0.05, 0) is 59.7 Å². The minimum atomic E-state index is -3.94. The van der Waals surface area contributed by atoms with Gasteiger partial charge in [0.05, 0.1) is 38.3 Å². The van der Waals surface area contributed by atoms with E-state index in [0.29, 0.717) is 40.3 Å². The van der Waals surface area contributed by atoms with Gasteiger partial charge in [-0.15, -0.1) is 0 Å². The van der Waals surface area contributed by atoms with Gasteiger partial charge >= 0.3 is 12.2 Å². The van der Waals surface area contributed by atoms with Crippen LogP contribution in [0.3, 0.4) is 0 Å². The van der Waals surface area contributed by atoms with Crippen LogP contribution in [-0.4, -0.2) is 93.3 Å². The zero-order valence-corrected chi connectivity index (χ0v) is 29.0. The standard InChI is InChI=1S/C31H39N7O9S/c1-10-46-22-16-11-13-18(32-22)26-35-25-27(37(26)23-20(44-7)14-12-15-21(23)45-8)34-24(36-48(9,42)43)19(33-25)17-31(5,6)38(28(39)40)29(41)47-30(2,3)4/h11-16H,10,17H2,1-9H3,(H,34,36)(H,39,40). The summed E-state index contributed by atoms with van der Waals surface area (Å²) in [6, 6.07) is 10.3. The molecule has 3 heterocycles. The van der Waals surface area contributed by atoms with Gasteiger partial charge in [0, 0.05) is 12.5 Å². The first-order valence-electron chi connectivity index (χ1n) is 14.7. The molecule has 17 heteroatoms. The van der Waals surface area contributed by atoms with E-state index in [4.69, 9.17) is 23.9 Å². The SMILES string of the molecule is CCOc1cccc(-c2nc3nc(CC(C)(C)N(C(=O)O)C(=O)OC(C)(C)C)c(NS(C)(=O)=O)nc3n2-c2c(OC)cccc2OC)n1. The number of nitrogens with zero attached hydrogens (tertiary/aromatic N) is 6. The Hall–Kier alpha value is -5.19. The molecule has 0 saturated carbocycles. The molecular formula is C31H39N7O9S. The Kier molecular flexibility index (Phi) is 10.0. The average molecular weight is 686 g/mol. The van der Waals surface area contributed by atoms with E-state index in [2.05, 4.69) is 19.7 Å². The van der Waals surface area contributed by atoms with Crippen LogP contribution in [0.1, 0.15) is 47.2 Å². The summed E-state index contributed by atoms with van der Waals surface area (Å²) in [6.45, 7) is 9.97. The number of methoxy groups -OCH3 is 2. The smallest absolute Gasteiger partial charge is 0.420 e. The first-order valence-corrected chi connectivity index (χ1v) is 16.6. The largest absolute Gasteiger partial charge is 0.494 e. The van der Waals surface area contributed by atoms with Gasteiger partial charge in [-0.2, -0.15) is 0 Å². The number of ether oxygens (including phenoxy) is 4. The molecule has 258 valence electrons. The predicted molar refractivity (Wildman–Crippen MR) is 177 cm³/mol. The second-order valence-electron chi connectivity index (χ2n) is 12.2. The zero-order chi connectivity index (χ0) is 35.6. The first-order chi connectivity index (χ1) is 22.4. The van der Waals surface area contributed by atoms with E-state index < -0.39 is 33.3 Å². The molecule has 48 heavy (non-hydrogen) atoms. The second kappa shape index (κ2) is 13.5. The van der Waals surface area contributed by atoms with Crippen molar-refractivity contribution in [1.29, 1.82) is 0 Å². The Morgan fingerprint density at radius 1 is 0.958 bits per heavy atom. The van der Waals surface area contributed by atoms with Crippen molar-refractivity contribution in [2.45, 2.75) is 59.1 Å². The average Bonchev–Trinajstić information content (AvgIpc) is 3.32. The number of fused-ring (bicyclic) bond motifs is 1. The van der Waals surface area contributed by atoms with E-state index in [-0.39, 0.29) is 35.1 Å². The number of sulfonamides is 1. The van der Waals surface area contributed by atoms with E-state index in [1.807, 2.05) is 6.92 Å². The molecule has 2 N–H and O–H groups in total. The number of pyridine rings is 1. The molecule has 0 aliphatic rings. The van der Waals surface area contributed by atoms with Crippen molar-refractivity contribution in [3.05, 3.63) is 42.1 Å². The fourth-order valence-electron chi connectivity index (χ4n) is 4.89. The monoisotopic (exact) mass is 685 g/mol. The van der Waals surface area contributed by atoms with E-state index in [0.717, 1.165) is 6.26 Å². The number of anilines is 1. The van der Waals surface area contributed by atoms with Crippen LogP contribution >= 0.6 is 0 Å². The maximum absolute atomic E-state index is 13.0.